The second-order valence-electron chi connectivity index (χ2n) is 5.19. The summed E-state index contributed by atoms with van der Waals surface area (Å²) >= 11 is 0. The zero-order chi connectivity index (χ0) is 14.7. The van der Waals surface area contributed by atoms with Crippen molar-refractivity contribution in [1.29, 1.82) is 0 Å². The van der Waals surface area contributed by atoms with Gasteiger partial charge in [-0.15, -0.1) is 0 Å². The van der Waals surface area contributed by atoms with E-state index in [2.05, 4.69) is 27.4 Å². The van der Waals surface area contributed by atoms with Gasteiger partial charge in [-0.1, -0.05) is 30.3 Å². The van der Waals surface area contributed by atoms with Gasteiger partial charge < -0.3 is 15.3 Å². The van der Waals surface area contributed by atoms with Crippen LogP contribution in [0.2, 0.25) is 0 Å². The number of pyridine rings is 1. The highest BCUT2D eigenvalue weighted by atomic mass is 16.1. The summed E-state index contributed by atoms with van der Waals surface area (Å²) in [4.78, 5) is 18.5. The molecule has 0 amide bonds. The molecule has 0 fully saturated rings. The van der Waals surface area contributed by atoms with Gasteiger partial charge in [0, 0.05) is 24.4 Å². The predicted octanol–water partition coefficient (Wildman–Crippen LogP) is 2.60. The Balaban J connectivity index is 2.13. The third-order valence-electron chi connectivity index (χ3n) is 3.88. The molecule has 0 radical (unpaired) electrons. The Morgan fingerprint density at radius 1 is 1.14 bits per heavy atom. The molecule has 1 aromatic carbocycles. The molecule has 3 aromatic rings. The Bertz CT molecular complexity index is 773. The summed E-state index contributed by atoms with van der Waals surface area (Å²) in [6.45, 7) is 0.900. The summed E-state index contributed by atoms with van der Waals surface area (Å²) in [5.41, 5.74) is 3.15. The molecule has 3 rings (SSSR count). The summed E-state index contributed by atoms with van der Waals surface area (Å²) in [5, 5.41) is 3.96. The molecule has 0 aliphatic carbocycles. The van der Waals surface area contributed by atoms with E-state index in [1.54, 1.807) is 12.3 Å². The Morgan fingerprint density at radius 3 is 2.71 bits per heavy atom. The van der Waals surface area contributed by atoms with Crippen LogP contribution in [-0.2, 0) is 0 Å². The van der Waals surface area contributed by atoms with E-state index in [0.717, 1.165) is 29.6 Å². The van der Waals surface area contributed by atoms with Crippen molar-refractivity contribution in [1.82, 2.24) is 15.3 Å². The van der Waals surface area contributed by atoms with Crippen LogP contribution in [0.1, 0.15) is 23.5 Å². The van der Waals surface area contributed by atoms with Crippen LogP contribution >= 0.6 is 0 Å². The summed E-state index contributed by atoms with van der Waals surface area (Å²) in [5.74, 6) is 0.205. The molecule has 3 N–H and O–H groups in total. The number of hydrogen-bond donors (Lipinski definition) is 3. The average Bonchev–Trinajstić information content (AvgIpc) is 2.94. The van der Waals surface area contributed by atoms with Gasteiger partial charge >= 0.3 is 0 Å². The van der Waals surface area contributed by atoms with E-state index in [-0.39, 0.29) is 11.3 Å². The van der Waals surface area contributed by atoms with Gasteiger partial charge in [0.2, 0.25) is 0 Å². The van der Waals surface area contributed by atoms with E-state index in [9.17, 15) is 4.79 Å². The number of nitrogens with one attached hydrogen (secondary N) is 3. The fraction of sp³-hybridized carbons (Fsp3) is 0.235. The normalized spacial score (nSPS) is 12.6. The maximum atomic E-state index is 12.2. The third-order valence-corrected chi connectivity index (χ3v) is 3.88. The highest BCUT2D eigenvalue weighted by Crippen LogP contribution is 2.31. The summed E-state index contributed by atoms with van der Waals surface area (Å²) in [7, 11) is 1.95. The first kappa shape index (κ1) is 13.6. The number of aromatic nitrogens is 2. The molecule has 4 heteroatoms. The molecule has 0 spiro atoms. The van der Waals surface area contributed by atoms with E-state index in [1.807, 2.05) is 31.4 Å². The topological polar surface area (TPSA) is 60.7 Å². The SMILES string of the molecule is CNCCC(c1ccccc1)c1c[nH]c2[nH]ccc(=O)c12. The van der Waals surface area contributed by atoms with Crippen molar-refractivity contribution >= 4 is 11.0 Å². The van der Waals surface area contributed by atoms with Crippen LogP contribution in [-0.4, -0.2) is 23.6 Å². The largest absolute Gasteiger partial charge is 0.347 e. The predicted molar refractivity (Wildman–Crippen MR) is 85.7 cm³/mol. The lowest BCUT2D eigenvalue weighted by Crippen LogP contribution is -2.14. The van der Waals surface area contributed by atoms with Crippen LogP contribution in [0.3, 0.4) is 0 Å². The molecule has 21 heavy (non-hydrogen) atoms. The zero-order valence-electron chi connectivity index (χ0n) is 12.0. The van der Waals surface area contributed by atoms with Gasteiger partial charge in [0.1, 0.15) is 5.65 Å². The summed E-state index contributed by atoms with van der Waals surface area (Å²) < 4.78 is 0. The van der Waals surface area contributed by atoms with Gasteiger partial charge in [0.25, 0.3) is 0 Å². The van der Waals surface area contributed by atoms with Crippen molar-refractivity contribution in [2.45, 2.75) is 12.3 Å². The van der Waals surface area contributed by atoms with Gasteiger partial charge in [-0.3, -0.25) is 4.79 Å². The van der Waals surface area contributed by atoms with E-state index in [4.69, 9.17) is 0 Å². The highest BCUT2D eigenvalue weighted by molar-refractivity contribution is 5.80. The van der Waals surface area contributed by atoms with E-state index >= 15 is 0 Å². The number of fused-ring (bicyclic) bond motifs is 1. The van der Waals surface area contributed by atoms with Crippen molar-refractivity contribution in [3.05, 3.63) is 70.1 Å². The van der Waals surface area contributed by atoms with Crippen molar-refractivity contribution in [3.63, 3.8) is 0 Å². The van der Waals surface area contributed by atoms with Gasteiger partial charge in [-0.05, 0) is 31.1 Å². The monoisotopic (exact) mass is 281 g/mol. The Kier molecular flexibility index (Phi) is 3.88. The minimum Gasteiger partial charge on any atom is -0.347 e. The molecule has 1 atom stereocenters. The lowest BCUT2D eigenvalue weighted by atomic mass is 9.88. The second-order valence-corrected chi connectivity index (χ2v) is 5.19. The number of H-pyrrole nitrogens is 2. The molecule has 0 saturated carbocycles. The molecule has 0 saturated heterocycles. The van der Waals surface area contributed by atoms with Crippen molar-refractivity contribution in [2.24, 2.45) is 0 Å². The molecule has 1 unspecified atom stereocenters. The van der Waals surface area contributed by atoms with E-state index in [1.165, 1.54) is 5.56 Å². The van der Waals surface area contributed by atoms with E-state index in [0.29, 0.717) is 0 Å². The van der Waals surface area contributed by atoms with Crippen LogP contribution in [0.5, 0.6) is 0 Å². The van der Waals surface area contributed by atoms with E-state index < -0.39 is 0 Å². The van der Waals surface area contributed by atoms with Crippen molar-refractivity contribution < 1.29 is 0 Å². The first-order valence-electron chi connectivity index (χ1n) is 7.19. The Hall–Kier alpha value is -2.33. The quantitative estimate of drug-likeness (QED) is 0.673. The van der Waals surface area contributed by atoms with Crippen LogP contribution in [0.15, 0.2) is 53.6 Å². The number of hydrogen-bond acceptors (Lipinski definition) is 2. The summed E-state index contributed by atoms with van der Waals surface area (Å²) in [6.07, 6.45) is 4.58. The van der Waals surface area contributed by atoms with Crippen LogP contribution in [0.25, 0.3) is 11.0 Å². The molecule has 0 aliphatic heterocycles. The van der Waals surface area contributed by atoms with Crippen LogP contribution in [0.4, 0.5) is 0 Å². The zero-order valence-corrected chi connectivity index (χ0v) is 12.0. The molecule has 4 nitrogen and oxygen atoms in total. The Labute approximate surface area is 123 Å². The first-order chi connectivity index (χ1) is 10.3. The molecule has 0 aliphatic rings. The van der Waals surface area contributed by atoms with Gasteiger partial charge in [0.05, 0.1) is 5.39 Å². The molecule has 108 valence electrons. The van der Waals surface area contributed by atoms with Crippen molar-refractivity contribution in [3.8, 4) is 0 Å². The molecule has 2 aromatic heterocycles. The standard InChI is InChI=1S/C17H19N3O/c1-18-9-7-13(12-5-3-2-4-6-12)14-11-20-17-16(14)15(21)8-10-19-17/h2-6,8,10-11,13,18H,7,9H2,1H3,(H2,19,20,21). The van der Waals surface area contributed by atoms with Crippen molar-refractivity contribution in [2.75, 3.05) is 13.6 Å². The lowest BCUT2D eigenvalue weighted by molar-refractivity contribution is 0.664. The number of benzene rings is 1. The smallest absolute Gasteiger partial charge is 0.191 e. The van der Waals surface area contributed by atoms with Gasteiger partial charge in [0.15, 0.2) is 5.43 Å². The van der Waals surface area contributed by atoms with Crippen LogP contribution < -0.4 is 10.7 Å². The fourth-order valence-corrected chi connectivity index (χ4v) is 2.85. The molecule has 2 heterocycles. The summed E-state index contributed by atoms with van der Waals surface area (Å²) in [6, 6.07) is 11.9. The fourth-order valence-electron chi connectivity index (χ4n) is 2.85. The second kappa shape index (κ2) is 5.97. The van der Waals surface area contributed by atoms with Gasteiger partial charge in [-0.25, -0.2) is 0 Å². The maximum Gasteiger partial charge on any atom is 0.191 e. The average molecular weight is 281 g/mol. The van der Waals surface area contributed by atoms with Crippen LogP contribution in [0, 0.1) is 0 Å². The van der Waals surface area contributed by atoms with Gasteiger partial charge in [-0.2, -0.15) is 0 Å². The maximum absolute atomic E-state index is 12.2. The minimum atomic E-state index is 0.0605. The molecule has 0 bridgehead atoms. The number of rotatable bonds is 5. The number of aromatic amines is 2. The first-order valence-corrected chi connectivity index (χ1v) is 7.19. The molecular formula is C17H19N3O. The third kappa shape index (κ3) is 2.62. The minimum absolute atomic E-state index is 0.0605. The lowest BCUT2D eigenvalue weighted by Gasteiger charge is -2.16. The molecular weight excluding hydrogens is 262 g/mol. The Morgan fingerprint density at radius 2 is 1.95 bits per heavy atom. The highest BCUT2D eigenvalue weighted by Gasteiger charge is 2.19.